The van der Waals surface area contributed by atoms with Gasteiger partial charge in [-0.1, -0.05) is 24.3 Å². The summed E-state index contributed by atoms with van der Waals surface area (Å²) in [5.41, 5.74) is 3.29. The minimum atomic E-state index is -1.23. The van der Waals surface area contributed by atoms with Crippen molar-refractivity contribution in [3.63, 3.8) is 0 Å². The number of rotatable bonds is 5. The largest absolute Gasteiger partial charge is 0.465 e. The number of carbonyl (C=O) groups excluding carboxylic acids is 1. The fourth-order valence-electron chi connectivity index (χ4n) is 1.92. The number of amides is 2. The van der Waals surface area contributed by atoms with E-state index in [-0.39, 0.29) is 6.54 Å². The van der Waals surface area contributed by atoms with Gasteiger partial charge >= 0.3 is 6.09 Å². The van der Waals surface area contributed by atoms with Crippen LogP contribution in [0.3, 0.4) is 0 Å². The average Bonchev–Trinajstić information content (AvgIpc) is 2.51. The van der Waals surface area contributed by atoms with E-state index in [4.69, 9.17) is 5.11 Å². The number of hydrogen-bond donors (Lipinski definition) is 3. The van der Waals surface area contributed by atoms with Crippen LogP contribution in [0.2, 0.25) is 0 Å². The maximum Gasteiger partial charge on any atom is 0.405 e. The van der Waals surface area contributed by atoms with Gasteiger partial charge in [0.15, 0.2) is 0 Å². The van der Waals surface area contributed by atoms with Gasteiger partial charge in [0.2, 0.25) is 5.91 Å². The van der Waals surface area contributed by atoms with Crippen molar-refractivity contribution < 1.29 is 14.7 Å². The number of pyridine rings is 1. The number of carboxylic acid groups (broad SMARTS) is 1. The molecule has 3 N–H and O–H groups in total. The minimum absolute atomic E-state index is 0.289. The third kappa shape index (κ3) is 5.62. The number of nitrogens with zero attached hydrogens (tertiary/aromatic N) is 1. The number of aromatic nitrogens is 1. The van der Waals surface area contributed by atoms with E-state index in [9.17, 15) is 9.59 Å². The number of anilines is 1. The number of nitrogens with one attached hydrogen (secondary N) is 2. The van der Waals surface area contributed by atoms with E-state index in [0.717, 1.165) is 17.0 Å². The molecule has 0 unspecified atom stereocenters. The summed E-state index contributed by atoms with van der Waals surface area (Å²) in [6, 6.07) is 13.0. The Morgan fingerprint density at radius 1 is 1.17 bits per heavy atom. The lowest BCUT2D eigenvalue weighted by Crippen LogP contribution is -2.31. The molecule has 1 aromatic heterocycles. The number of carbonyl (C=O) groups is 2. The molecule has 0 spiro atoms. The van der Waals surface area contributed by atoms with Gasteiger partial charge in [0.05, 0.1) is 5.69 Å². The first-order chi connectivity index (χ1) is 11.0. The highest BCUT2D eigenvalue weighted by Gasteiger charge is 2.04. The zero-order valence-electron chi connectivity index (χ0n) is 12.6. The highest BCUT2D eigenvalue weighted by molar-refractivity contribution is 5.94. The van der Waals surface area contributed by atoms with Gasteiger partial charge in [-0.15, -0.1) is 0 Å². The Kier molecular flexibility index (Phi) is 5.46. The Hall–Kier alpha value is -3.15. The predicted molar refractivity (Wildman–Crippen MR) is 89.0 cm³/mol. The molecular weight excluding hydrogens is 294 g/mol. The molecular formula is C17H17N3O3. The van der Waals surface area contributed by atoms with Gasteiger partial charge in [-0.25, -0.2) is 4.79 Å². The van der Waals surface area contributed by atoms with Crippen LogP contribution in [0, 0.1) is 6.92 Å². The molecule has 0 aliphatic heterocycles. The van der Waals surface area contributed by atoms with E-state index in [2.05, 4.69) is 10.3 Å². The molecule has 0 saturated carbocycles. The molecule has 1 heterocycles. The summed E-state index contributed by atoms with van der Waals surface area (Å²) < 4.78 is 0. The standard InChI is InChI=1S/C17H17N3O3/c1-12-4-2-6-14(19-12)9-8-13-5-3-7-15(10-13)20-16(21)11-18-17(22)23/h2-10,18H,11H2,1H3,(H,20,21)(H,22,23). The average molecular weight is 311 g/mol. The molecule has 0 aliphatic carbocycles. The number of hydrogen-bond acceptors (Lipinski definition) is 3. The normalized spacial score (nSPS) is 10.5. The Bertz CT molecular complexity index is 741. The van der Waals surface area contributed by atoms with Crippen molar-refractivity contribution in [2.24, 2.45) is 0 Å². The van der Waals surface area contributed by atoms with Gasteiger partial charge in [-0.3, -0.25) is 9.78 Å². The molecule has 23 heavy (non-hydrogen) atoms. The van der Waals surface area contributed by atoms with Gasteiger partial charge in [0.1, 0.15) is 6.54 Å². The summed E-state index contributed by atoms with van der Waals surface area (Å²) in [6.07, 6.45) is 2.55. The molecule has 0 bridgehead atoms. The van der Waals surface area contributed by atoms with Crippen LogP contribution >= 0.6 is 0 Å². The zero-order chi connectivity index (χ0) is 16.7. The molecule has 0 atom stereocenters. The first-order valence-corrected chi connectivity index (χ1v) is 7.01. The van der Waals surface area contributed by atoms with Crippen molar-refractivity contribution in [1.29, 1.82) is 0 Å². The summed E-state index contributed by atoms with van der Waals surface area (Å²) in [5.74, 6) is -0.422. The van der Waals surface area contributed by atoms with Crippen LogP contribution in [-0.4, -0.2) is 28.6 Å². The molecule has 118 valence electrons. The van der Waals surface area contributed by atoms with Crippen molar-refractivity contribution in [1.82, 2.24) is 10.3 Å². The maximum atomic E-state index is 11.6. The zero-order valence-corrected chi connectivity index (χ0v) is 12.6. The van der Waals surface area contributed by atoms with Crippen molar-refractivity contribution in [2.75, 3.05) is 11.9 Å². The van der Waals surface area contributed by atoms with Crippen LogP contribution in [-0.2, 0) is 4.79 Å². The second-order valence-corrected chi connectivity index (χ2v) is 4.87. The van der Waals surface area contributed by atoms with Crippen LogP contribution in [0.15, 0.2) is 42.5 Å². The van der Waals surface area contributed by atoms with Crippen LogP contribution in [0.25, 0.3) is 12.2 Å². The van der Waals surface area contributed by atoms with Crippen LogP contribution in [0.1, 0.15) is 17.0 Å². The molecule has 2 aromatic rings. The lowest BCUT2D eigenvalue weighted by Gasteiger charge is -2.06. The molecule has 0 saturated heterocycles. The summed E-state index contributed by atoms with van der Waals surface area (Å²) in [6.45, 7) is 1.64. The summed E-state index contributed by atoms with van der Waals surface area (Å²) in [7, 11) is 0. The molecule has 0 radical (unpaired) electrons. The smallest absolute Gasteiger partial charge is 0.405 e. The monoisotopic (exact) mass is 311 g/mol. The first kappa shape index (κ1) is 16.2. The van der Waals surface area contributed by atoms with Crippen molar-refractivity contribution in [3.8, 4) is 0 Å². The van der Waals surface area contributed by atoms with E-state index >= 15 is 0 Å². The summed E-state index contributed by atoms with van der Waals surface area (Å²) in [4.78, 5) is 26.3. The minimum Gasteiger partial charge on any atom is -0.465 e. The van der Waals surface area contributed by atoms with Gasteiger partial charge in [0.25, 0.3) is 0 Å². The Morgan fingerprint density at radius 2 is 1.96 bits per heavy atom. The summed E-state index contributed by atoms with van der Waals surface area (Å²) in [5, 5.41) is 13.1. The third-order valence-corrected chi connectivity index (χ3v) is 2.93. The fraction of sp³-hybridized carbons (Fsp3) is 0.118. The van der Waals surface area contributed by atoms with Crippen LogP contribution in [0.4, 0.5) is 10.5 Å². The Balaban J connectivity index is 2.02. The van der Waals surface area contributed by atoms with Crippen molar-refractivity contribution in [2.45, 2.75) is 6.92 Å². The molecule has 1 aromatic carbocycles. The second-order valence-electron chi connectivity index (χ2n) is 4.87. The van der Waals surface area contributed by atoms with Crippen molar-refractivity contribution in [3.05, 3.63) is 59.4 Å². The van der Waals surface area contributed by atoms with Crippen LogP contribution in [0.5, 0.6) is 0 Å². The van der Waals surface area contributed by atoms with E-state index < -0.39 is 12.0 Å². The molecule has 6 nitrogen and oxygen atoms in total. The molecule has 2 rings (SSSR count). The highest BCUT2D eigenvalue weighted by atomic mass is 16.4. The molecule has 2 amide bonds. The number of aryl methyl sites for hydroxylation is 1. The quantitative estimate of drug-likeness (QED) is 0.792. The van der Waals surface area contributed by atoms with E-state index in [1.54, 1.807) is 12.1 Å². The lowest BCUT2D eigenvalue weighted by atomic mass is 10.1. The predicted octanol–water partition coefficient (Wildman–Crippen LogP) is 2.77. The van der Waals surface area contributed by atoms with E-state index in [0.29, 0.717) is 5.69 Å². The highest BCUT2D eigenvalue weighted by Crippen LogP contribution is 2.13. The van der Waals surface area contributed by atoms with E-state index in [1.807, 2.05) is 54.7 Å². The van der Waals surface area contributed by atoms with Crippen molar-refractivity contribution >= 4 is 29.8 Å². The molecule has 0 fully saturated rings. The number of benzene rings is 1. The first-order valence-electron chi connectivity index (χ1n) is 7.01. The van der Waals surface area contributed by atoms with E-state index in [1.165, 1.54) is 0 Å². The van der Waals surface area contributed by atoms with Gasteiger partial charge in [-0.2, -0.15) is 0 Å². The Labute approximate surface area is 133 Å². The maximum absolute atomic E-state index is 11.6. The fourth-order valence-corrected chi connectivity index (χ4v) is 1.92. The third-order valence-electron chi connectivity index (χ3n) is 2.93. The SMILES string of the molecule is Cc1cccc(C=Cc2cccc(NC(=O)CNC(=O)O)c2)n1. The van der Waals surface area contributed by atoms with Gasteiger partial charge in [0, 0.05) is 11.4 Å². The Morgan fingerprint density at radius 3 is 2.70 bits per heavy atom. The van der Waals surface area contributed by atoms with Gasteiger partial charge in [-0.05, 0) is 42.8 Å². The van der Waals surface area contributed by atoms with Gasteiger partial charge < -0.3 is 15.7 Å². The molecule has 0 aliphatic rings. The summed E-state index contributed by atoms with van der Waals surface area (Å²) >= 11 is 0. The molecule has 6 heteroatoms. The lowest BCUT2D eigenvalue weighted by molar-refractivity contribution is -0.115. The second kappa shape index (κ2) is 7.74. The van der Waals surface area contributed by atoms with Crippen LogP contribution < -0.4 is 10.6 Å². The topological polar surface area (TPSA) is 91.3 Å².